The Balaban J connectivity index is 2.16. The number of pyridine rings is 1. The van der Waals surface area contributed by atoms with Crippen LogP contribution in [0.5, 0.6) is 0 Å². The number of nitro benzene ring substituents is 1. The summed E-state index contributed by atoms with van der Waals surface area (Å²) in [5.74, 6) is 0.330. The summed E-state index contributed by atoms with van der Waals surface area (Å²) < 4.78 is 5.53. The number of aromatic nitrogens is 2. The fourth-order valence-corrected chi connectivity index (χ4v) is 1.83. The molecule has 0 aliphatic rings. The van der Waals surface area contributed by atoms with Crippen LogP contribution in [0.2, 0.25) is 0 Å². The molecule has 0 radical (unpaired) electrons. The van der Waals surface area contributed by atoms with Crippen LogP contribution in [0.4, 0.5) is 5.69 Å². The standard InChI is InChI=1S/C13H9N3O3/c1-8-4-5-9(7-10(8)16(17)18)13-15-12-11(19-13)3-2-6-14-12/h2-7H,1H3. The summed E-state index contributed by atoms with van der Waals surface area (Å²) in [6.07, 6.45) is 1.62. The van der Waals surface area contributed by atoms with Gasteiger partial charge in [-0.2, -0.15) is 4.98 Å². The normalized spacial score (nSPS) is 10.8. The molecule has 19 heavy (non-hydrogen) atoms. The quantitative estimate of drug-likeness (QED) is 0.519. The van der Waals surface area contributed by atoms with Crippen LogP contribution in [0.3, 0.4) is 0 Å². The molecular weight excluding hydrogens is 246 g/mol. The van der Waals surface area contributed by atoms with Crippen molar-refractivity contribution in [3.8, 4) is 11.5 Å². The van der Waals surface area contributed by atoms with Gasteiger partial charge in [-0.25, -0.2) is 4.98 Å². The van der Waals surface area contributed by atoms with Crippen LogP contribution in [0.25, 0.3) is 22.7 Å². The fraction of sp³-hybridized carbons (Fsp3) is 0.0769. The SMILES string of the molecule is Cc1ccc(-c2nc3ncccc3o2)cc1[N+](=O)[O-]. The molecule has 6 heteroatoms. The van der Waals surface area contributed by atoms with E-state index in [1.807, 2.05) is 0 Å². The molecule has 0 aliphatic heterocycles. The van der Waals surface area contributed by atoms with Crippen molar-refractivity contribution < 1.29 is 9.34 Å². The lowest BCUT2D eigenvalue weighted by molar-refractivity contribution is -0.385. The van der Waals surface area contributed by atoms with Crippen molar-refractivity contribution in [1.29, 1.82) is 0 Å². The van der Waals surface area contributed by atoms with Crippen LogP contribution in [-0.2, 0) is 0 Å². The number of fused-ring (bicyclic) bond motifs is 1. The molecular formula is C13H9N3O3. The molecule has 0 saturated heterocycles. The summed E-state index contributed by atoms with van der Waals surface area (Å²) in [6, 6.07) is 8.37. The number of aryl methyl sites for hydroxylation is 1. The fourth-order valence-electron chi connectivity index (χ4n) is 1.83. The second-order valence-electron chi connectivity index (χ2n) is 4.10. The molecule has 0 fully saturated rings. The van der Waals surface area contributed by atoms with E-state index >= 15 is 0 Å². The monoisotopic (exact) mass is 255 g/mol. The molecule has 3 rings (SSSR count). The first-order valence-corrected chi connectivity index (χ1v) is 5.62. The highest BCUT2D eigenvalue weighted by atomic mass is 16.6. The van der Waals surface area contributed by atoms with E-state index < -0.39 is 4.92 Å². The molecule has 0 spiro atoms. The maximum Gasteiger partial charge on any atom is 0.273 e. The van der Waals surface area contributed by atoms with Crippen molar-refractivity contribution in [2.75, 3.05) is 0 Å². The topological polar surface area (TPSA) is 82.1 Å². The number of oxazole rings is 1. The second-order valence-corrected chi connectivity index (χ2v) is 4.10. The third-order valence-corrected chi connectivity index (χ3v) is 2.82. The molecule has 0 N–H and O–H groups in total. The minimum absolute atomic E-state index is 0.0488. The molecule has 2 aromatic heterocycles. The smallest absolute Gasteiger partial charge is 0.273 e. The van der Waals surface area contributed by atoms with Gasteiger partial charge in [0.2, 0.25) is 5.89 Å². The zero-order valence-electron chi connectivity index (χ0n) is 10.0. The van der Waals surface area contributed by atoms with Crippen molar-refractivity contribution in [3.63, 3.8) is 0 Å². The summed E-state index contributed by atoms with van der Waals surface area (Å²) in [5.41, 5.74) is 2.26. The van der Waals surface area contributed by atoms with Crippen LogP contribution in [0.1, 0.15) is 5.56 Å². The van der Waals surface area contributed by atoms with Crippen molar-refractivity contribution in [2.45, 2.75) is 6.92 Å². The highest BCUT2D eigenvalue weighted by molar-refractivity contribution is 5.72. The molecule has 3 aromatic rings. The summed E-state index contributed by atoms with van der Waals surface area (Å²) in [4.78, 5) is 18.8. The van der Waals surface area contributed by atoms with E-state index in [-0.39, 0.29) is 5.69 Å². The van der Waals surface area contributed by atoms with Gasteiger partial charge in [-0.1, -0.05) is 6.07 Å². The van der Waals surface area contributed by atoms with Gasteiger partial charge in [0.25, 0.3) is 5.69 Å². The lowest BCUT2D eigenvalue weighted by atomic mass is 10.1. The Labute approximate surface area is 107 Å². The Morgan fingerprint density at radius 1 is 1.32 bits per heavy atom. The molecule has 0 aliphatic carbocycles. The van der Waals surface area contributed by atoms with Gasteiger partial charge in [0.1, 0.15) is 0 Å². The van der Waals surface area contributed by atoms with E-state index in [1.54, 1.807) is 37.4 Å². The van der Waals surface area contributed by atoms with E-state index in [0.717, 1.165) is 0 Å². The maximum atomic E-state index is 10.9. The Kier molecular flexibility index (Phi) is 2.49. The van der Waals surface area contributed by atoms with Gasteiger partial charge in [-0.05, 0) is 25.1 Å². The number of nitrogens with zero attached hydrogens (tertiary/aromatic N) is 3. The summed E-state index contributed by atoms with van der Waals surface area (Å²) in [7, 11) is 0. The number of benzene rings is 1. The largest absolute Gasteiger partial charge is 0.434 e. The van der Waals surface area contributed by atoms with Gasteiger partial charge >= 0.3 is 0 Å². The van der Waals surface area contributed by atoms with Gasteiger partial charge in [-0.15, -0.1) is 0 Å². The first-order chi connectivity index (χ1) is 9.15. The Morgan fingerprint density at radius 3 is 2.89 bits per heavy atom. The van der Waals surface area contributed by atoms with Crippen molar-refractivity contribution in [1.82, 2.24) is 9.97 Å². The Morgan fingerprint density at radius 2 is 2.16 bits per heavy atom. The van der Waals surface area contributed by atoms with E-state index in [0.29, 0.717) is 28.2 Å². The summed E-state index contributed by atoms with van der Waals surface area (Å²) in [5, 5.41) is 10.9. The average Bonchev–Trinajstić information content (AvgIpc) is 2.82. The molecule has 0 unspecified atom stereocenters. The molecule has 0 atom stereocenters. The van der Waals surface area contributed by atoms with Gasteiger partial charge < -0.3 is 4.42 Å². The maximum absolute atomic E-state index is 10.9. The Hall–Kier alpha value is -2.76. The molecule has 1 aromatic carbocycles. The first-order valence-electron chi connectivity index (χ1n) is 5.62. The van der Waals surface area contributed by atoms with E-state index in [1.165, 1.54) is 6.07 Å². The van der Waals surface area contributed by atoms with Crippen molar-refractivity contribution >= 4 is 16.9 Å². The predicted octanol–water partition coefficient (Wildman–Crippen LogP) is 3.11. The van der Waals surface area contributed by atoms with Gasteiger partial charge in [0.05, 0.1) is 4.92 Å². The number of rotatable bonds is 2. The number of hydrogen-bond donors (Lipinski definition) is 0. The van der Waals surface area contributed by atoms with Gasteiger partial charge in [0.15, 0.2) is 11.2 Å². The molecule has 0 bridgehead atoms. The summed E-state index contributed by atoms with van der Waals surface area (Å²) >= 11 is 0. The first kappa shape index (κ1) is 11.3. The highest BCUT2D eigenvalue weighted by Crippen LogP contribution is 2.28. The third kappa shape index (κ3) is 1.93. The molecule has 94 valence electrons. The molecule has 2 heterocycles. The number of hydrogen-bond acceptors (Lipinski definition) is 5. The van der Waals surface area contributed by atoms with Crippen LogP contribution in [0.15, 0.2) is 40.9 Å². The molecule has 0 amide bonds. The minimum Gasteiger partial charge on any atom is -0.434 e. The van der Waals surface area contributed by atoms with Crippen molar-refractivity contribution in [2.24, 2.45) is 0 Å². The zero-order valence-corrected chi connectivity index (χ0v) is 10.0. The van der Waals surface area contributed by atoms with Crippen LogP contribution in [0, 0.1) is 17.0 Å². The van der Waals surface area contributed by atoms with E-state index in [2.05, 4.69) is 9.97 Å². The zero-order chi connectivity index (χ0) is 13.4. The average molecular weight is 255 g/mol. The highest BCUT2D eigenvalue weighted by Gasteiger charge is 2.15. The lowest BCUT2D eigenvalue weighted by Crippen LogP contribution is -1.92. The van der Waals surface area contributed by atoms with Crippen LogP contribution < -0.4 is 0 Å². The van der Waals surface area contributed by atoms with Crippen molar-refractivity contribution in [3.05, 3.63) is 52.2 Å². The van der Waals surface area contributed by atoms with Crippen LogP contribution >= 0.6 is 0 Å². The number of nitro groups is 1. The van der Waals surface area contributed by atoms with Crippen LogP contribution in [-0.4, -0.2) is 14.9 Å². The van der Waals surface area contributed by atoms with E-state index in [9.17, 15) is 10.1 Å². The minimum atomic E-state index is -0.417. The molecule has 0 saturated carbocycles. The molecule has 6 nitrogen and oxygen atoms in total. The summed E-state index contributed by atoms with van der Waals surface area (Å²) in [6.45, 7) is 1.69. The second kappa shape index (κ2) is 4.16. The Bertz CT molecular complexity index is 747. The lowest BCUT2D eigenvalue weighted by Gasteiger charge is -1.99. The third-order valence-electron chi connectivity index (χ3n) is 2.82. The van der Waals surface area contributed by atoms with E-state index in [4.69, 9.17) is 4.42 Å². The van der Waals surface area contributed by atoms with Gasteiger partial charge in [-0.3, -0.25) is 10.1 Å². The predicted molar refractivity (Wildman–Crippen MR) is 68.6 cm³/mol. The van der Waals surface area contributed by atoms with Gasteiger partial charge in [0, 0.05) is 23.4 Å².